The van der Waals surface area contributed by atoms with Crippen LogP contribution in [-0.4, -0.2) is 10.2 Å². The quantitative estimate of drug-likeness (QED) is 0.182. The number of aromatic hydroxyl groups is 2. The zero-order valence-electron chi connectivity index (χ0n) is 30.5. The molecule has 0 radical (unpaired) electrons. The predicted octanol–water partition coefficient (Wildman–Crippen LogP) is 11.0. The molecule has 4 aromatic rings. The Morgan fingerprint density at radius 3 is 0.848 bits per heavy atom. The van der Waals surface area contributed by atoms with Crippen LogP contribution in [0.4, 0.5) is 0 Å². The summed E-state index contributed by atoms with van der Waals surface area (Å²) in [6.45, 7) is 27.1. The predicted molar refractivity (Wildman–Crippen MR) is 195 cm³/mol. The van der Waals surface area contributed by atoms with Gasteiger partial charge in [0.1, 0.15) is 11.5 Å². The Bertz CT molecular complexity index is 1640. The van der Waals surface area contributed by atoms with Crippen molar-refractivity contribution < 1.29 is 10.2 Å². The molecule has 0 fully saturated rings. The van der Waals surface area contributed by atoms with Crippen molar-refractivity contribution in [1.82, 2.24) is 0 Å². The fourth-order valence-corrected chi connectivity index (χ4v) is 6.61. The molecule has 0 aromatic heterocycles. The number of fused-ring (bicyclic) bond motifs is 8. The molecule has 0 heterocycles. The molecule has 1 aliphatic rings. The molecule has 0 spiro atoms. The first kappa shape index (κ1) is 33.8. The third kappa shape index (κ3) is 7.38. The lowest BCUT2D eigenvalue weighted by Gasteiger charge is -2.26. The molecule has 0 atom stereocenters. The van der Waals surface area contributed by atoms with E-state index in [9.17, 15) is 10.2 Å². The van der Waals surface area contributed by atoms with E-state index in [-0.39, 0.29) is 21.7 Å². The zero-order chi connectivity index (χ0) is 34.0. The Hall–Kier alpha value is -3.52. The van der Waals surface area contributed by atoms with Gasteiger partial charge in [-0.15, -0.1) is 0 Å². The first-order valence-electron chi connectivity index (χ1n) is 17.0. The van der Waals surface area contributed by atoms with Crippen LogP contribution in [0.15, 0.2) is 60.7 Å². The Morgan fingerprint density at radius 2 is 0.565 bits per heavy atom. The SMILES string of the molecule is CC(C)(C)c1cc2cc(c1)Cc1cc(C(C)(C)C)cc(c1O)Cc1cc(C(C)(C)C)cc(c1O)Cc1cc(cc(C(C)(C)C)c1)C2. The van der Waals surface area contributed by atoms with Gasteiger partial charge in [-0.25, -0.2) is 0 Å². The molecule has 2 heteroatoms. The lowest BCUT2D eigenvalue weighted by molar-refractivity contribution is 0.455. The van der Waals surface area contributed by atoms with Gasteiger partial charge in [0.05, 0.1) is 0 Å². The Labute approximate surface area is 278 Å². The second-order valence-electron chi connectivity index (χ2n) is 18.1. The monoisotopic (exact) mass is 616 g/mol. The van der Waals surface area contributed by atoms with E-state index in [4.69, 9.17) is 0 Å². The number of phenols is 2. The number of hydrogen-bond acceptors (Lipinski definition) is 2. The molecule has 0 saturated carbocycles. The summed E-state index contributed by atoms with van der Waals surface area (Å²) in [5.41, 5.74) is 13.4. The van der Waals surface area contributed by atoms with E-state index in [1.165, 1.54) is 44.5 Å². The normalized spacial score (nSPS) is 14.3. The van der Waals surface area contributed by atoms with Gasteiger partial charge in [-0.05, 0) is 94.8 Å². The summed E-state index contributed by atoms with van der Waals surface area (Å²) in [4.78, 5) is 0. The molecule has 2 N–H and O–H groups in total. The minimum Gasteiger partial charge on any atom is -0.507 e. The molecule has 244 valence electrons. The van der Waals surface area contributed by atoms with Crippen molar-refractivity contribution in [3.63, 3.8) is 0 Å². The number of benzene rings is 4. The van der Waals surface area contributed by atoms with Crippen LogP contribution in [0.5, 0.6) is 11.5 Å². The Balaban J connectivity index is 1.83. The van der Waals surface area contributed by atoms with E-state index in [0.29, 0.717) is 30.8 Å². The highest BCUT2D eigenvalue weighted by atomic mass is 16.3. The maximum Gasteiger partial charge on any atom is 0.122 e. The largest absolute Gasteiger partial charge is 0.507 e. The maximum atomic E-state index is 11.9. The molecule has 8 bridgehead atoms. The Kier molecular flexibility index (Phi) is 8.55. The van der Waals surface area contributed by atoms with Crippen molar-refractivity contribution in [2.45, 2.75) is 130 Å². The number of hydrogen-bond donors (Lipinski definition) is 2. The van der Waals surface area contributed by atoms with E-state index < -0.39 is 0 Å². The van der Waals surface area contributed by atoms with Gasteiger partial charge >= 0.3 is 0 Å². The summed E-state index contributed by atoms with van der Waals surface area (Å²) >= 11 is 0. The van der Waals surface area contributed by atoms with Crippen LogP contribution in [0.1, 0.15) is 150 Å². The van der Waals surface area contributed by atoms with Crippen LogP contribution in [-0.2, 0) is 47.3 Å². The van der Waals surface area contributed by atoms with E-state index in [0.717, 1.165) is 28.7 Å². The van der Waals surface area contributed by atoms with Crippen molar-refractivity contribution in [2.24, 2.45) is 0 Å². The smallest absolute Gasteiger partial charge is 0.122 e. The van der Waals surface area contributed by atoms with Crippen LogP contribution < -0.4 is 0 Å². The average Bonchev–Trinajstić information content (AvgIpc) is 2.90. The standard InChI is InChI=1S/C44H56O2/c1-41(2,3)35-18-27-13-28-15-30(21-36(19-28)42(4,5)6)17-32-24-38(44(10,11)12)26-34(40(32)46)22-33-25-37(43(7,8)9)23-31(39(33)45)16-29(14-27)20-35/h14-15,18-21,23-26,45-46H,13,16-17,22H2,1-12H3. The summed E-state index contributed by atoms with van der Waals surface area (Å²) in [6, 6.07) is 22.8. The second kappa shape index (κ2) is 11.6. The minimum atomic E-state index is -0.0929. The molecule has 0 aliphatic heterocycles. The van der Waals surface area contributed by atoms with Crippen LogP contribution in [0, 0.1) is 0 Å². The highest BCUT2D eigenvalue weighted by Gasteiger charge is 2.25. The van der Waals surface area contributed by atoms with E-state index in [1.54, 1.807) is 0 Å². The van der Waals surface area contributed by atoms with Gasteiger partial charge in [0.25, 0.3) is 0 Å². The van der Waals surface area contributed by atoms with E-state index in [1.807, 2.05) is 0 Å². The molecule has 46 heavy (non-hydrogen) atoms. The summed E-state index contributed by atoms with van der Waals surface area (Å²) < 4.78 is 0. The molecule has 1 aliphatic carbocycles. The molecule has 5 rings (SSSR count). The van der Waals surface area contributed by atoms with Crippen LogP contribution in [0.2, 0.25) is 0 Å². The summed E-state index contributed by atoms with van der Waals surface area (Å²) in [5.74, 6) is 0.676. The fraction of sp³-hybridized carbons (Fsp3) is 0.455. The van der Waals surface area contributed by atoms with Crippen molar-refractivity contribution in [2.75, 3.05) is 0 Å². The van der Waals surface area contributed by atoms with Crippen molar-refractivity contribution >= 4 is 0 Å². The first-order valence-corrected chi connectivity index (χ1v) is 17.0. The zero-order valence-corrected chi connectivity index (χ0v) is 30.5. The lowest BCUT2D eigenvalue weighted by Crippen LogP contribution is -2.15. The lowest BCUT2D eigenvalue weighted by atomic mass is 9.79. The van der Waals surface area contributed by atoms with Crippen LogP contribution in [0.25, 0.3) is 0 Å². The van der Waals surface area contributed by atoms with Gasteiger partial charge in [-0.1, -0.05) is 144 Å². The van der Waals surface area contributed by atoms with Gasteiger partial charge in [0, 0.05) is 19.3 Å². The third-order valence-electron chi connectivity index (χ3n) is 9.68. The van der Waals surface area contributed by atoms with E-state index in [2.05, 4.69) is 144 Å². The summed E-state index contributed by atoms with van der Waals surface area (Å²) in [7, 11) is 0. The second-order valence-corrected chi connectivity index (χ2v) is 18.1. The van der Waals surface area contributed by atoms with Crippen molar-refractivity contribution in [3.05, 3.63) is 127 Å². The first-order chi connectivity index (χ1) is 21.1. The number of phenolic OH excluding ortho intramolecular Hbond substituents is 2. The minimum absolute atomic E-state index is 0.00447. The summed E-state index contributed by atoms with van der Waals surface area (Å²) in [6.07, 6.45) is 2.58. The average molecular weight is 617 g/mol. The highest BCUT2D eigenvalue weighted by Crippen LogP contribution is 2.39. The van der Waals surface area contributed by atoms with Gasteiger partial charge < -0.3 is 10.2 Å². The molecule has 0 saturated heterocycles. The van der Waals surface area contributed by atoms with E-state index >= 15 is 0 Å². The topological polar surface area (TPSA) is 40.5 Å². The van der Waals surface area contributed by atoms with Gasteiger partial charge in [-0.2, -0.15) is 0 Å². The third-order valence-corrected chi connectivity index (χ3v) is 9.68. The molecule has 4 aromatic carbocycles. The van der Waals surface area contributed by atoms with Crippen LogP contribution >= 0.6 is 0 Å². The Morgan fingerprint density at radius 1 is 0.326 bits per heavy atom. The van der Waals surface area contributed by atoms with Gasteiger partial charge in [0.2, 0.25) is 0 Å². The maximum absolute atomic E-state index is 11.9. The highest BCUT2D eigenvalue weighted by molar-refractivity contribution is 5.55. The van der Waals surface area contributed by atoms with Crippen molar-refractivity contribution in [3.8, 4) is 11.5 Å². The number of rotatable bonds is 0. The molecular weight excluding hydrogens is 560 g/mol. The molecular formula is C44H56O2. The van der Waals surface area contributed by atoms with Crippen LogP contribution in [0.3, 0.4) is 0 Å². The summed E-state index contributed by atoms with van der Waals surface area (Å²) in [5, 5.41) is 23.8. The van der Waals surface area contributed by atoms with Crippen molar-refractivity contribution in [1.29, 1.82) is 0 Å². The van der Waals surface area contributed by atoms with Gasteiger partial charge in [-0.3, -0.25) is 0 Å². The molecule has 0 unspecified atom stereocenters. The molecule has 2 nitrogen and oxygen atoms in total. The fourth-order valence-electron chi connectivity index (χ4n) is 6.61. The van der Waals surface area contributed by atoms with Gasteiger partial charge in [0.15, 0.2) is 0 Å². The molecule has 0 amide bonds.